The van der Waals surface area contributed by atoms with Gasteiger partial charge in [-0.05, 0) is 38.7 Å². The smallest absolute Gasteiger partial charge is 0.232 e. The number of aryl methyl sites for hydroxylation is 1. The van der Waals surface area contributed by atoms with Crippen LogP contribution < -0.4 is 0 Å². The lowest BCUT2D eigenvalue weighted by molar-refractivity contribution is -0.129. The van der Waals surface area contributed by atoms with Gasteiger partial charge in [0.15, 0.2) is 0 Å². The van der Waals surface area contributed by atoms with Gasteiger partial charge in [-0.25, -0.2) is 0 Å². The molecule has 0 radical (unpaired) electrons. The second-order valence-electron chi connectivity index (χ2n) is 5.95. The Hall–Kier alpha value is -1.00. The molecule has 1 aromatic carbocycles. The Morgan fingerprint density at radius 1 is 1.43 bits per heavy atom. The molecule has 0 saturated carbocycles. The molecule has 1 N–H and O–H groups in total. The van der Waals surface area contributed by atoms with Crippen molar-refractivity contribution in [2.75, 3.05) is 12.3 Å². The zero-order valence-corrected chi connectivity index (χ0v) is 13.7. The summed E-state index contributed by atoms with van der Waals surface area (Å²) in [7, 11) is 0. The summed E-state index contributed by atoms with van der Waals surface area (Å²) in [5.41, 5.74) is 2.53. The van der Waals surface area contributed by atoms with Crippen LogP contribution in [0, 0.1) is 6.92 Å². The van der Waals surface area contributed by atoms with E-state index in [-0.39, 0.29) is 18.1 Å². The number of aliphatic hydroxyl groups excluding tert-OH is 1. The molecule has 0 bridgehead atoms. The van der Waals surface area contributed by atoms with Gasteiger partial charge in [0.1, 0.15) is 0 Å². The number of rotatable bonds is 6. The van der Waals surface area contributed by atoms with Gasteiger partial charge in [-0.3, -0.25) is 4.79 Å². The zero-order valence-electron chi connectivity index (χ0n) is 12.9. The van der Waals surface area contributed by atoms with Crippen LogP contribution in [0.15, 0.2) is 24.3 Å². The third-order valence-electron chi connectivity index (χ3n) is 3.93. The standard InChI is InChI=1S/C17H25NO2S/c1-13-5-7-15(8-6-13)11-21-12-17(20)18-9-3-4-16(18)10-14(2)19/h5-8,14,16,19H,3-4,9-12H2,1-2H3. The number of hydrogen-bond donors (Lipinski definition) is 1. The zero-order chi connectivity index (χ0) is 15.2. The summed E-state index contributed by atoms with van der Waals surface area (Å²) < 4.78 is 0. The number of amides is 1. The molecule has 4 heteroatoms. The molecule has 1 aliphatic rings. The van der Waals surface area contributed by atoms with Crippen LogP contribution in [0.25, 0.3) is 0 Å². The molecule has 1 fully saturated rings. The van der Waals surface area contributed by atoms with E-state index in [1.807, 2.05) is 4.90 Å². The highest BCUT2D eigenvalue weighted by Gasteiger charge is 2.29. The summed E-state index contributed by atoms with van der Waals surface area (Å²) in [5, 5.41) is 9.52. The van der Waals surface area contributed by atoms with Crippen LogP contribution in [-0.4, -0.2) is 40.4 Å². The third kappa shape index (κ3) is 5.04. The summed E-state index contributed by atoms with van der Waals surface area (Å²) in [4.78, 5) is 14.3. The molecule has 116 valence electrons. The van der Waals surface area contributed by atoms with Crippen LogP contribution in [0.3, 0.4) is 0 Å². The Morgan fingerprint density at radius 3 is 2.81 bits per heavy atom. The lowest BCUT2D eigenvalue weighted by Gasteiger charge is -2.25. The Balaban J connectivity index is 1.77. The number of nitrogens with zero attached hydrogens (tertiary/aromatic N) is 1. The lowest BCUT2D eigenvalue weighted by Crippen LogP contribution is -2.38. The summed E-state index contributed by atoms with van der Waals surface area (Å²) in [6.07, 6.45) is 2.46. The van der Waals surface area contributed by atoms with Gasteiger partial charge < -0.3 is 10.0 Å². The normalized spacial score (nSPS) is 19.8. The number of carbonyl (C=O) groups is 1. The number of carbonyl (C=O) groups excluding carboxylic acids is 1. The van der Waals surface area contributed by atoms with Gasteiger partial charge in [0.25, 0.3) is 0 Å². The monoisotopic (exact) mass is 307 g/mol. The van der Waals surface area contributed by atoms with Gasteiger partial charge >= 0.3 is 0 Å². The average molecular weight is 307 g/mol. The Kier molecular flexibility index (Phi) is 6.12. The summed E-state index contributed by atoms with van der Waals surface area (Å²) in [5.74, 6) is 1.63. The maximum absolute atomic E-state index is 12.3. The van der Waals surface area contributed by atoms with Gasteiger partial charge in [-0.15, -0.1) is 11.8 Å². The van der Waals surface area contributed by atoms with E-state index in [1.54, 1.807) is 18.7 Å². The number of thioether (sulfide) groups is 1. The van der Waals surface area contributed by atoms with Crippen LogP contribution >= 0.6 is 11.8 Å². The van der Waals surface area contributed by atoms with Gasteiger partial charge in [-0.2, -0.15) is 0 Å². The predicted molar refractivity (Wildman–Crippen MR) is 88.4 cm³/mol. The summed E-state index contributed by atoms with van der Waals surface area (Å²) in [6, 6.07) is 8.70. The van der Waals surface area contributed by atoms with Gasteiger partial charge in [0.05, 0.1) is 11.9 Å². The van der Waals surface area contributed by atoms with E-state index in [0.29, 0.717) is 12.2 Å². The molecule has 2 rings (SSSR count). The fraction of sp³-hybridized carbons (Fsp3) is 0.588. The quantitative estimate of drug-likeness (QED) is 0.878. The molecule has 1 heterocycles. The summed E-state index contributed by atoms with van der Waals surface area (Å²) >= 11 is 1.67. The van der Waals surface area contributed by atoms with Crippen molar-refractivity contribution in [2.24, 2.45) is 0 Å². The van der Waals surface area contributed by atoms with Crippen molar-refractivity contribution in [2.45, 2.75) is 51.0 Å². The maximum Gasteiger partial charge on any atom is 0.232 e. The van der Waals surface area contributed by atoms with Crippen LogP contribution in [-0.2, 0) is 10.5 Å². The second kappa shape index (κ2) is 7.85. The number of hydrogen-bond acceptors (Lipinski definition) is 3. The first-order chi connectivity index (χ1) is 10.1. The molecule has 1 saturated heterocycles. The van der Waals surface area contributed by atoms with Crippen LogP contribution in [0.4, 0.5) is 0 Å². The highest BCUT2D eigenvalue weighted by Crippen LogP contribution is 2.23. The SMILES string of the molecule is Cc1ccc(CSCC(=O)N2CCCC2CC(C)O)cc1. The minimum absolute atomic E-state index is 0.218. The average Bonchev–Trinajstić information content (AvgIpc) is 2.88. The van der Waals surface area contributed by atoms with Crippen LogP contribution in [0.1, 0.15) is 37.3 Å². The van der Waals surface area contributed by atoms with E-state index in [2.05, 4.69) is 31.2 Å². The van der Waals surface area contributed by atoms with Gasteiger partial charge in [0, 0.05) is 18.3 Å². The Labute approximate surface area is 131 Å². The molecule has 2 unspecified atom stereocenters. The molecule has 21 heavy (non-hydrogen) atoms. The predicted octanol–water partition coefficient (Wildman–Crippen LogP) is 2.99. The molecular formula is C17H25NO2S. The minimum Gasteiger partial charge on any atom is -0.393 e. The van der Waals surface area contributed by atoms with E-state index in [9.17, 15) is 9.90 Å². The Bertz CT molecular complexity index is 458. The van der Waals surface area contributed by atoms with Crippen molar-refractivity contribution in [3.63, 3.8) is 0 Å². The molecule has 1 aliphatic heterocycles. The summed E-state index contributed by atoms with van der Waals surface area (Å²) in [6.45, 7) is 4.73. The first-order valence-electron chi connectivity index (χ1n) is 7.67. The van der Waals surface area contributed by atoms with Crippen molar-refractivity contribution in [3.05, 3.63) is 35.4 Å². The van der Waals surface area contributed by atoms with Crippen molar-refractivity contribution < 1.29 is 9.90 Å². The number of aliphatic hydroxyl groups is 1. The highest BCUT2D eigenvalue weighted by atomic mass is 32.2. The first-order valence-corrected chi connectivity index (χ1v) is 8.82. The van der Waals surface area contributed by atoms with E-state index in [0.717, 1.165) is 25.1 Å². The van der Waals surface area contributed by atoms with E-state index < -0.39 is 0 Å². The molecular weight excluding hydrogens is 282 g/mol. The van der Waals surface area contributed by atoms with Crippen molar-refractivity contribution in [1.29, 1.82) is 0 Å². The fourth-order valence-electron chi connectivity index (χ4n) is 2.83. The lowest BCUT2D eigenvalue weighted by atomic mass is 10.1. The van der Waals surface area contributed by atoms with E-state index in [1.165, 1.54) is 11.1 Å². The fourth-order valence-corrected chi connectivity index (χ4v) is 3.70. The maximum atomic E-state index is 12.3. The van der Waals surface area contributed by atoms with Gasteiger partial charge in [-0.1, -0.05) is 29.8 Å². The topological polar surface area (TPSA) is 40.5 Å². The molecule has 0 aromatic heterocycles. The molecule has 1 amide bonds. The van der Waals surface area contributed by atoms with Crippen LogP contribution in [0.5, 0.6) is 0 Å². The molecule has 0 spiro atoms. The molecule has 3 nitrogen and oxygen atoms in total. The third-order valence-corrected chi connectivity index (χ3v) is 4.91. The number of likely N-dealkylation sites (tertiary alicyclic amines) is 1. The minimum atomic E-state index is -0.330. The second-order valence-corrected chi connectivity index (χ2v) is 6.93. The van der Waals surface area contributed by atoms with Gasteiger partial charge in [0.2, 0.25) is 5.91 Å². The molecule has 2 atom stereocenters. The molecule has 1 aromatic rings. The molecule has 0 aliphatic carbocycles. The van der Waals surface area contributed by atoms with E-state index >= 15 is 0 Å². The van der Waals surface area contributed by atoms with Crippen molar-refractivity contribution >= 4 is 17.7 Å². The van der Waals surface area contributed by atoms with Crippen LogP contribution in [0.2, 0.25) is 0 Å². The Morgan fingerprint density at radius 2 is 2.14 bits per heavy atom. The number of benzene rings is 1. The largest absolute Gasteiger partial charge is 0.393 e. The van der Waals surface area contributed by atoms with Crippen molar-refractivity contribution in [3.8, 4) is 0 Å². The highest BCUT2D eigenvalue weighted by molar-refractivity contribution is 7.99. The van der Waals surface area contributed by atoms with Crippen molar-refractivity contribution in [1.82, 2.24) is 4.90 Å². The first kappa shape index (κ1) is 16.4. The van der Waals surface area contributed by atoms with E-state index in [4.69, 9.17) is 0 Å².